The fraction of sp³-hybridized carbons (Fsp3) is 0.0909. The number of carbonyl (C=O) groups excluding carboxylic acids is 1. The lowest BCUT2D eigenvalue weighted by Gasteiger charge is -2.12. The zero-order chi connectivity index (χ0) is 21.1. The SMILES string of the molecule is CCc1cccc(NC(=O)Nc2ccc(-n3ccc(=O)c4c(N)ncnc43)cc2)c1. The molecular weight excluding hydrogens is 380 g/mol. The summed E-state index contributed by atoms with van der Waals surface area (Å²) in [5.74, 6) is 0.140. The molecule has 8 heteroatoms. The monoisotopic (exact) mass is 400 g/mol. The number of amides is 2. The fourth-order valence-electron chi connectivity index (χ4n) is 3.18. The molecule has 2 heterocycles. The molecule has 0 radical (unpaired) electrons. The number of nitrogens with two attached hydrogens (primary N) is 1. The topological polar surface area (TPSA) is 115 Å². The first-order chi connectivity index (χ1) is 14.5. The summed E-state index contributed by atoms with van der Waals surface area (Å²) in [6.07, 6.45) is 3.85. The van der Waals surface area contributed by atoms with Crippen LogP contribution in [0.4, 0.5) is 22.0 Å². The number of fused-ring (bicyclic) bond motifs is 1. The average molecular weight is 400 g/mol. The Labute approximate surface area is 172 Å². The highest BCUT2D eigenvalue weighted by Crippen LogP contribution is 2.19. The third-order valence-corrected chi connectivity index (χ3v) is 4.70. The van der Waals surface area contributed by atoms with Crippen LogP contribution in [0.3, 0.4) is 0 Å². The highest BCUT2D eigenvalue weighted by molar-refractivity contribution is 5.99. The van der Waals surface area contributed by atoms with E-state index in [1.807, 2.05) is 36.4 Å². The molecule has 150 valence electrons. The van der Waals surface area contributed by atoms with E-state index in [-0.39, 0.29) is 22.7 Å². The van der Waals surface area contributed by atoms with Gasteiger partial charge in [-0.1, -0.05) is 19.1 Å². The van der Waals surface area contributed by atoms with Crippen LogP contribution in [0, 0.1) is 0 Å². The predicted molar refractivity (Wildman–Crippen MR) is 118 cm³/mol. The maximum atomic E-state index is 12.3. The number of nitrogens with one attached hydrogen (secondary N) is 2. The molecule has 0 aliphatic heterocycles. The minimum Gasteiger partial charge on any atom is -0.383 e. The van der Waals surface area contributed by atoms with Gasteiger partial charge in [-0.05, 0) is 48.4 Å². The fourth-order valence-corrected chi connectivity index (χ4v) is 3.18. The van der Waals surface area contributed by atoms with Gasteiger partial charge in [-0.15, -0.1) is 0 Å². The maximum Gasteiger partial charge on any atom is 0.323 e. The van der Waals surface area contributed by atoms with Crippen molar-refractivity contribution in [2.24, 2.45) is 0 Å². The molecule has 0 aliphatic carbocycles. The Hall–Kier alpha value is -4.20. The lowest BCUT2D eigenvalue weighted by atomic mass is 10.1. The zero-order valence-corrected chi connectivity index (χ0v) is 16.3. The molecular formula is C22H20N6O2. The van der Waals surface area contributed by atoms with Crippen molar-refractivity contribution >= 4 is 34.3 Å². The number of rotatable bonds is 4. The summed E-state index contributed by atoms with van der Waals surface area (Å²) < 4.78 is 1.74. The summed E-state index contributed by atoms with van der Waals surface area (Å²) >= 11 is 0. The number of carbonyl (C=O) groups is 1. The first kappa shape index (κ1) is 19.1. The molecule has 4 rings (SSSR count). The van der Waals surface area contributed by atoms with Gasteiger partial charge in [0.05, 0.1) is 0 Å². The van der Waals surface area contributed by atoms with E-state index in [4.69, 9.17) is 5.73 Å². The van der Waals surface area contributed by atoms with Crippen LogP contribution in [0.2, 0.25) is 0 Å². The van der Waals surface area contributed by atoms with E-state index in [2.05, 4.69) is 27.5 Å². The number of anilines is 3. The standard InChI is InChI=1S/C22H20N6O2/c1-2-14-4-3-5-16(12-14)27-22(30)26-15-6-8-17(9-7-15)28-11-10-18(29)19-20(23)24-13-25-21(19)28/h3-13H,2H2,1H3,(H2,23,24,25)(H2,26,27,30). The van der Waals surface area contributed by atoms with E-state index in [1.165, 1.54) is 12.4 Å². The predicted octanol–water partition coefficient (Wildman–Crippen LogP) is 3.57. The molecule has 0 fully saturated rings. The first-order valence-corrected chi connectivity index (χ1v) is 9.44. The second-order valence-electron chi connectivity index (χ2n) is 6.69. The number of nitrogen functional groups attached to an aromatic ring is 1. The first-order valence-electron chi connectivity index (χ1n) is 9.44. The quantitative estimate of drug-likeness (QED) is 0.484. The summed E-state index contributed by atoms with van der Waals surface area (Å²) in [5, 5.41) is 5.91. The van der Waals surface area contributed by atoms with Gasteiger partial charge in [0.1, 0.15) is 17.5 Å². The van der Waals surface area contributed by atoms with Crippen LogP contribution in [0.5, 0.6) is 0 Å². The molecule has 8 nitrogen and oxygen atoms in total. The van der Waals surface area contributed by atoms with Crippen molar-refractivity contribution in [2.75, 3.05) is 16.4 Å². The van der Waals surface area contributed by atoms with Crippen LogP contribution < -0.4 is 21.8 Å². The molecule has 0 saturated carbocycles. The molecule has 2 amide bonds. The normalized spacial score (nSPS) is 10.7. The Bertz CT molecular complexity index is 1280. The van der Waals surface area contributed by atoms with Gasteiger partial charge < -0.3 is 20.9 Å². The summed E-state index contributed by atoms with van der Waals surface area (Å²) in [6.45, 7) is 2.06. The highest BCUT2D eigenvalue weighted by Gasteiger charge is 2.10. The Morgan fingerprint density at radius 2 is 1.80 bits per heavy atom. The Morgan fingerprint density at radius 3 is 2.57 bits per heavy atom. The van der Waals surface area contributed by atoms with Crippen LogP contribution >= 0.6 is 0 Å². The molecule has 4 N–H and O–H groups in total. The van der Waals surface area contributed by atoms with Gasteiger partial charge in [-0.3, -0.25) is 4.79 Å². The van der Waals surface area contributed by atoms with E-state index in [9.17, 15) is 9.59 Å². The van der Waals surface area contributed by atoms with Crippen LogP contribution in [0.25, 0.3) is 16.7 Å². The second-order valence-corrected chi connectivity index (χ2v) is 6.69. The molecule has 0 unspecified atom stereocenters. The van der Waals surface area contributed by atoms with Crippen LogP contribution in [0.1, 0.15) is 12.5 Å². The van der Waals surface area contributed by atoms with Crippen LogP contribution in [-0.4, -0.2) is 20.6 Å². The Balaban J connectivity index is 1.54. The number of aryl methyl sites for hydroxylation is 1. The number of hydrogen-bond donors (Lipinski definition) is 3. The van der Waals surface area contributed by atoms with Gasteiger partial charge in [0.2, 0.25) is 0 Å². The van der Waals surface area contributed by atoms with Crippen LogP contribution in [-0.2, 0) is 6.42 Å². The van der Waals surface area contributed by atoms with Crippen LogP contribution in [0.15, 0.2) is 71.9 Å². The van der Waals surface area contributed by atoms with Gasteiger partial charge in [0, 0.05) is 29.3 Å². The van der Waals surface area contributed by atoms with Crippen molar-refractivity contribution in [1.82, 2.24) is 14.5 Å². The third kappa shape index (κ3) is 3.83. The average Bonchev–Trinajstić information content (AvgIpc) is 2.75. The van der Waals surface area contributed by atoms with Crippen molar-refractivity contribution in [3.05, 3.63) is 82.9 Å². The van der Waals surface area contributed by atoms with Crippen molar-refractivity contribution in [1.29, 1.82) is 0 Å². The lowest BCUT2D eigenvalue weighted by Crippen LogP contribution is -2.19. The largest absolute Gasteiger partial charge is 0.383 e. The zero-order valence-electron chi connectivity index (χ0n) is 16.3. The molecule has 0 bridgehead atoms. The highest BCUT2D eigenvalue weighted by atomic mass is 16.2. The number of aromatic nitrogens is 3. The summed E-state index contributed by atoms with van der Waals surface area (Å²) in [7, 11) is 0. The molecule has 0 aliphatic rings. The van der Waals surface area contributed by atoms with Crippen molar-refractivity contribution in [3.63, 3.8) is 0 Å². The molecule has 0 atom stereocenters. The van der Waals surface area contributed by atoms with Crippen molar-refractivity contribution in [2.45, 2.75) is 13.3 Å². The second kappa shape index (κ2) is 8.04. The molecule has 2 aromatic heterocycles. The van der Waals surface area contributed by atoms with Gasteiger partial charge in [-0.2, -0.15) is 0 Å². The lowest BCUT2D eigenvalue weighted by molar-refractivity contribution is 0.262. The van der Waals surface area contributed by atoms with E-state index < -0.39 is 0 Å². The number of hydrogen-bond acceptors (Lipinski definition) is 5. The molecule has 30 heavy (non-hydrogen) atoms. The van der Waals surface area contributed by atoms with Gasteiger partial charge in [0.15, 0.2) is 11.1 Å². The Kier molecular flexibility index (Phi) is 5.13. The molecule has 4 aromatic rings. The smallest absolute Gasteiger partial charge is 0.323 e. The number of nitrogens with zero attached hydrogens (tertiary/aromatic N) is 3. The van der Waals surface area contributed by atoms with Gasteiger partial charge in [-0.25, -0.2) is 14.8 Å². The van der Waals surface area contributed by atoms with E-state index in [0.717, 1.165) is 23.4 Å². The number of benzene rings is 2. The van der Waals surface area contributed by atoms with Gasteiger partial charge in [0.25, 0.3) is 0 Å². The molecule has 0 saturated heterocycles. The summed E-state index contributed by atoms with van der Waals surface area (Å²) in [4.78, 5) is 32.5. The summed E-state index contributed by atoms with van der Waals surface area (Å²) in [5.41, 5.74) is 9.31. The van der Waals surface area contributed by atoms with E-state index in [0.29, 0.717) is 11.3 Å². The van der Waals surface area contributed by atoms with E-state index in [1.54, 1.807) is 22.9 Å². The van der Waals surface area contributed by atoms with Crippen molar-refractivity contribution < 1.29 is 4.79 Å². The summed E-state index contributed by atoms with van der Waals surface area (Å²) in [6, 6.07) is 16.0. The third-order valence-electron chi connectivity index (χ3n) is 4.70. The molecule has 2 aromatic carbocycles. The Morgan fingerprint density at radius 1 is 1.03 bits per heavy atom. The van der Waals surface area contributed by atoms with E-state index >= 15 is 0 Å². The van der Waals surface area contributed by atoms with Crippen molar-refractivity contribution in [3.8, 4) is 5.69 Å². The number of pyridine rings is 1. The molecule has 0 spiro atoms. The maximum absolute atomic E-state index is 12.3. The number of urea groups is 1. The minimum atomic E-state index is -0.328. The minimum absolute atomic E-state index is 0.140. The van der Waals surface area contributed by atoms with Gasteiger partial charge >= 0.3 is 6.03 Å².